The number of piperazine rings is 1. The van der Waals surface area contributed by atoms with E-state index in [-0.39, 0.29) is 0 Å². The highest BCUT2D eigenvalue weighted by atomic mass is 16.5. The zero-order valence-corrected chi connectivity index (χ0v) is 16.6. The minimum absolute atomic E-state index is 0.311. The number of methoxy groups -OCH3 is 2. The largest absolute Gasteiger partial charge is 0.493 e. The van der Waals surface area contributed by atoms with E-state index in [0.717, 1.165) is 55.1 Å². The van der Waals surface area contributed by atoms with E-state index in [1.807, 2.05) is 18.2 Å². The first kappa shape index (κ1) is 19.2. The van der Waals surface area contributed by atoms with Gasteiger partial charge in [-0.15, -0.1) is 0 Å². The summed E-state index contributed by atoms with van der Waals surface area (Å²) >= 11 is 0. The summed E-state index contributed by atoms with van der Waals surface area (Å²) in [6, 6.07) is 12.4. The Morgan fingerprint density at radius 3 is 2.26 bits per heavy atom. The summed E-state index contributed by atoms with van der Waals surface area (Å²) in [6.07, 6.45) is 0.902. The van der Waals surface area contributed by atoms with Crippen LogP contribution in [0.25, 0.3) is 0 Å². The molecule has 0 aliphatic carbocycles. The van der Waals surface area contributed by atoms with Crippen LogP contribution in [0.4, 0.5) is 5.69 Å². The van der Waals surface area contributed by atoms with E-state index in [9.17, 15) is 4.79 Å². The molecule has 144 valence electrons. The van der Waals surface area contributed by atoms with Crippen molar-refractivity contribution in [3.63, 3.8) is 0 Å². The lowest BCUT2D eigenvalue weighted by molar-refractivity contribution is 0.112. The van der Waals surface area contributed by atoms with Gasteiger partial charge in [-0.25, -0.2) is 0 Å². The maximum absolute atomic E-state index is 10.9. The van der Waals surface area contributed by atoms with E-state index in [4.69, 9.17) is 9.47 Å². The summed E-state index contributed by atoms with van der Waals surface area (Å²) in [4.78, 5) is 15.8. The Balaban J connectivity index is 1.67. The maximum atomic E-state index is 10.9. The first-order chi connectivity index (χ1) is 13.1. The topological polar surface area (TPSA) is 42.0 Å². The van der Waals surface area contributed by atoms with E-state index in [1.165, 1.54) is 11.3 Å². The molecule has 27 heavy (non-hydrogen) atoms. The van der Waals surface area contributed by atoms with Crippen molar-refractivity contribution in [2.75, 3.05) is 45.3 Å². The van der Waals surface area contributed by atoms with Gasteiger partial charge in [0.25, 0.3) is 0 Å². The smallest absolute Gasteiger partial charge is 0.161 e. The zero-order valence-electron chi connectivity index (χ0n) is 16.6. The van der Waals surface area contributed by atoms with Crippen LogP contribution in [-0.2, 0) is 0 Å². The molecular formula is C22H28N2O3. The number of aryl methyl sites for hydroxylation is 1. The second kappa shape index (κ2) is 8.44. The van der Waals surface area contributed by atoms with Crippen LogP contribution in [0.1, 0.15) is 34.5 Å². The minimum Gasteiger partial charge on any atom is -0.493 e. The van der Waals surface area contributed by atoms with Gasteiger partial charge in [0, 0.05) is 43.5 Å². The number of carbonyl (C=O) groups is 1. The fourth-order valence-corrected chi connectivity index (χ4v) is 3.78. The van der Waals surface area contributed by atoms with Crippen LogP contribution in [0, 0.1) is 6.92 Å². The average molecular weight is 368 g/mol. The fraction of sp³-hybridized carbons (Fsp3) is 0.409. The van der Waals surface area contributed by atoms with E-state index < -0.39 is 0 Å². The summed E-state index contributed by atoms with van der Waals surface area (Å²) < 4.78 is 10.8. The van der Waals surface area contributed by atoms with Gasteiger partial charge in [0.05, 0.1) is 14.2 Å². The second-order valence-corrected chi connectivity index (χ2v) is 6.98. The molecule has 3 rings (SSSR count). The second-order valence-electron chi connectivity index (χ2n) is 6.98. The normalized spacial score (nSPS) is 16.1. The van der Waals surface area contributed by atoms with Gasteiger partial charge in [0.1, 0.15) is 6.29 Å². The van der Waals surface area contributed by atoms with E-state index in [1.54, 1.807) is 14.2 Å². The van der Waals surface area contributed by atoms with E-state index in [0.29, 0.717) is 6.04 Å². The van der Waals surface area contributed by atoms with Gasteiger partial charge >= 0.3 is 0 Å². The van der Waals surface area contributed by atoms with Gasteiger partial charge in [-0.2, -0.15) is 0 Å². The van der Waals surface area contributed by atoms with Crippen molar-refractivity contribution in [2.45, 2.75) is 19.9 Å². The molecular weight excluding hydrogens is 340 g/mol. The number of carbonyl (C=O) groups excluding carboxylic acids is 1. The highest BCUT2D eigenvalue weighted by Gasteiger charge is 2.23. The van der Waals surface area contributed by atoms with Crippen LogP contribution in [0.3, 0.4) is 0 Å². The predicted octanol–water partition coefficient (Wildman–Crippen LogP) is 3.71. The van der Waals surface area contributed by atoms with Gasteiger partial charge < -0.3 is 14.4 Å². The van der Waals surface area contributed by atoms with Gasteiger partial charge in [-0.3, -0.25) is 9.69 Å². The van der Waals surface area contributed by atoms with Gasteiger partial charge in [0.2, 0.25) is 0 Å². The van der Waals surface area contributed by atoms with Crippen molar-refractivity contribution in [3.05, 3.63) is 53.1 Å². The van der Waals surface area contributed by atoms with E-state index >= 15 is 0 Å². The Labute approximate surface area is 161 Å². The number of ether oxygens (including phenoxy) is 2. The Morgan fingerprint density at radius 2 is 1.67 bits per heavy atom. The monoisotopic (exact) mass is 368 g/mol. The third kappa shape index (κ3) is 4.08. The maximum Gasteiger partial charge on any atom is 0.161 e. The summed E-state index contributed by atoms with van der Waals surface area (Å²) in [7, 11) is 3.33. The Morgan fingerprint density at radius 1 is 0.963 bits per heavy atom. The molecule has 0 radical (unpaired) electrons. The lowest BCUT2D eigenvalue weighted by atomic mass is 10.0. The molecule has 0 bridgehead atoms. The molecule has 1 unspecified atom stereocenters. The van der Waals surface area contributed by atoms with Crippen LogP contribution >= 0.6 is 0 Å². The number of hydrogen-bond acceptors (Lipinski definition) is 5. The summed E-state index contributed by atoms with van der Waals surface area (Å²) in [5.41, 5.74) is 4.34. The molecule has 2 aromatic rings. The van der Waals surface area contributed by atoms with Crippen molar-refractivity contribution < 1.29 is 14.3 Å². The van der Waals surface area contributed by atoms with Crippen molar-refractivity contribution >= 4 is 12.0 Å². The molecule has 0 saturated carbocycles. The molecule has 0 N–H and O–H groups in total. The fourth-order valence-electron chi connectivity index (χ4n) is 3.78. The lowest BCUT2D eigenvalue weighted by Crippen LogP contribution is -2.47. The molecule has 0 aromatic heterocycles. The molecule has 1 atom stereocenters. The van der Waals surface area contributed by atoms with Gasteiger partial charge in [-0.05, 0) is 55.3 Å². The lowest BCUT2D eigenvalue weighted by Gasteiger charge is -2.40. The molecule has 1 aliphatic rings. The first-order valence-corrected chi connectivity index (χ1v) is 9.34. The SMILES string of the molecule is COc1ccc(C(C)N2CCN(c3ccc(C=O)cc3C)CC2)cc1OC. The highest BCUT2D eigenvalue weighted by molar-refractivity contribution is 5.77. The van der Waals surface area contributed by atoms with Crippen LogP contribution in [-0.4, -0.2) is 51.6 Å². The van der Waals surface area contributed by atoms with Gasteiger partial charge in [0.15, 0.2) is 11.5 Å². The first-order valence-electron chi connectivity index (χ1n) is 9.34. The van der Waals surface area contributed by atoms with Crippen molar-refractivity contribution in [1.29, 1.82) is 0 Å². The van der Waals surface area contributed by atoms with Crippen LogP contribution in [0.2, 0.25) is 0 Å². The molecule has 1 heterocycles. The molecule has 0 spiro atoms. The molecule has 1 saturated heterocycles. The third-order valence-corrected chi connectivity index (χ3v) is 5.45. The predicted molar refractivity (Wildman–Crippen MR) is 108 cm³/mol. The summed E-state index contributed by atoms with van der Waals surface area (Å²) in [6.45, 7) is 8.23. The number of anilines is 1. The number of hydrogen-bond donors (Lipinski definition) is 0. The van der Waals surface area contributed by atoms with E-state index in [2.05, 4.69) is 41.8 Å². The minimum atomic E-state index is 0.311. The zero-order chi connectivity index (χ0) is 19.4. The van der Waals surface area contributed by atoms with Crippen LogP contribution in [0.15, 0.2) is 36.4 Å². The van der Waals surface area contributed by atoms with Crippen molar-refractivity contribution in [1.82, 2.24) is 4.90 Å². The molecule has 2 aromatic carbocycles. The number of rotatable bonds is 6. The molecule has 1 aliphatic heterocycles. The highest BCUT2D eigenvalue weighted by Crippen LogP contribution is 2.32. The number of benzene rings is 2. The van der Waals surface area contributed by atoms with Crippen molar-refractivity contribution in [3.8, 4) is 11.5 Å². The Bertz CT molecular complexity index is 798. The Kier molecular flexibility index (Phi) is 6.01. The number of aldehydes is 1. The molecule has 5 nitrogen and oxygen atoms in total. The Hall–Kier alpha value is -2.53. The summed E-state index contributed by atoms with van der Waals surface area (Å²) in [5, 5.41) is 0. The van der Waals surface area contributed by atoms with Gasteiger partial charge in [-0.1, -0.05) is 6.07 Å². The third-order valence-electron chi connectivity index (χ3n) is 5.45. The van der Waals surface area contributed by atoms with Crippen molar-refractivity contribution in [2.24, 2.45) is 0 Å². The molecule has 1 fully saturated rings. The molecule has 0 amide bonds. The molecule has 5 heteroatoms. The number of nitrogens with zero attached hydrogens (tertiary/aromatic N) is 2. The summed E-state index contributed by atoms with van der Waals surface area (Å²) in [5.74, 6) is 1.53. The quantitative estimate of drug-likeness (QED) is 0.727. The van der Waals surface area contributed by atoms with Crippen LogP contribution < -0.4 is 14.4 Å². The standard InChI is InChI=1S/C22H28N2O3/c1-16-13-18(15-25)5-7-20(16)24-11-9-23(10-12-24)17(2)19-6-8-21(26-3)22(14-19)27-4/h5-8,13-15,17H,9-12H2,1-4H3. The average Bonchev–Trinajstić information content (AvgIpc) is 2.72. The van der Waals surface area contributed by atoms with Crippen LogP contribution in [0.5, 0.6) is 11.5 Å².